The van der Waals surface area contributed by atoms with Crippen molar-refractivity contribution >= 4 is 16.8 Å². The van der Waals surface area contributed by atoms with Gasteiger partial charge in [-0.2, -0.15) is 0 Å². The van der Waals surface area contributed by atoms with Crippen LogP contribution in [0.4, 0.5) is 0 Å². The minimum Gasteiger partial charge on any atom is -0.383 e. The number of benzene rings is 1. The van der Waals surface area contributed by atoms with Gasteiger partial charge in [-0.05, 0) is 31.9 Å². The summed E-state index contributed by atoms with van der Waals surface area (Å²) < 4.78 is 6.70. The van der Waals surface area contributed by atoms with Crippen molar-refractivity contribution in [1.82, 2.24) is 14.9 Å². The molecule has 1 aliphatic rings. The average molecular weight is 315 g/mol. The highest BCUT2D eigenvalue weighted by atomic mass is 16.5. The summed E-state index contributed by atoms with van der Waals surface area (Å²) in [4.78, 5) is 29.4. The summed E-state index contributed by atoms with van der Waals surface area (Å²) in [7, 11) is 1.59. The van der Waals surface area contributed by atoms with Gasteiger partial charge in [0, 0.05) is 13.0 Å². The Hall–Kier alpha value is -2.21. The topological polar surface area (TPSA) is 73.2 Å². The second-order valence-corrected chi connectivity index (χ2v) is 5.94. The summed E-state index contributed by atoms with van der Waals surface area (Å²) in [6.45, 7) is 2.68. The molecule has 2 aromatic rings. The van der Waals surface area contributed by atoms with Gasteiger partial charge >= 0.3 is 0 Å². The van der Waals surface area contributed by atoms with Crippen molar-refractivity contribution in [2.24, 2.45) is 5.92 Å². The van der Waals surface area contributed by atoms with E-state index in [4.69, 9.17) is 4.74 Å². The fourth-order valence-corrected chi connectivity index (χ4v) is 2.66. The van der Waals surface area contributed by atoms with Crippen LogP contribution < -0.4 is 10.9 Å². The van der Waals surface area contributed by atoms with Crippen molar-refractivity contribution in [2.45, 2.75) is 32.4 Å². The fraction of sp³-hybridized carbons (Fsp3) is 0.471. The van der Waals surface area contributed by atoms with Crippen molar-refractivity contribution in [3.8, 4) is 0 Å². The SMILES string of the molecule is COCCn1c([C@@H](C)NC(=O)C2CC2)nc2ccccc2c1=O. The maximum absolute atomic E-state index is 12.7. The van der Waals surface area contributed by atoms with Crippen LogP contribution in [0.2, 0.25) is 0 Å². The number of carbonyl (C=O) groups is 1. The molecule has 23 heavy (non-hydrogen) atoms. The summed E-state index contributed by atoms with van der Waals surface area (Å²) >= 11 is 0. The van der Waals surface area contributed by atoms with Crippen molar-refractivity contribution in [3.05, 3.63) is 40.4 Å². The van der Waals surface area contributed by atoms with E-state index in [9.17, 15) is 9.59 Å². The first-order valence-electron chi connectivity index (χ1n) is 7.90. The fourth-order valence-electron chi connectivity index (χ4n) is 2.66. The predicted molar refractivity (Wildman–Crippen MR) is 87.2 cm³/mol. The van der Waals surface area contributed by atoms with Gasteiger partial charge in [-0.1, -0.05) is 12.1 Å². The summed E-state index contributed by atoms with van der Waals surface area (Å²) in [5, 5.41) is 3.54. The molecule has 0 spiro atoms. The summed E-state index contributed by atoms with van der Waals surface area (Å²) in [5.74, 6) is 0.731. The first-order valence-corrected chi connectivity index (χ1v) is 7.90. The number of carbonyl (C=O) groups excluding carboxylic acids is 1. The number of nitrogens with one attached hydrogen (secondary N) is 1. The van der Waals surface area contributed by atoms with Gasteiger partial charge in [0.2, 0.25) is 5.91 Å². The molecular formula is C17H21N3O3. The Morgan fingerprint density at radius 1 is 1.43 bits per heavy atom. The molecule has 0 aliphatic heterocycles. The molecule has 1 N–H and O–H groups in total. The van der Waals surface area contributed by atoms with Crippen LogP contribution in [-0.2, 0) is 16.1 Å². The molecular weight excluding hydrogens is 294 g/mol. The Kier molecular flexibility index (Phi) is 4.43. The zero-order chi connectivity index (χ0) is 16.4. The zero-order valence-electron chi connectivity index (χ0n) is 13.4. The maximum atomic E-state index is 12.7. The monoisotopic (exact) mass is 315 g/mol. The lowest BCUT2D eigenvalue weighted by Gasteiger charge is -2.19. The van der Waals surface area contributed by atoms with Gasteiger partial charge in [0.05, 0.1) is 30.1 Å². The lowest BCUT2D eigenvalue weighted by molar-refractivity contribution is -0.123. The number of ether oxygens (including phenoxy) is 1. The third-order valence-electron chi connectivity index (χ3n) is 4.10. The highest BCUT2D eigenvalue weighted by molar-refractivity contribution is 5.81. The Labute approximate surface area is 134 Å². The van der Waals surface area contributed by atoms with Gasteiger partial charge < -0.3 is 10.1 Å². The van der Waals surface area contributed by atoms with Crippen LogP contribution in [0.3, 0.4) is 0 Å². The van der Waals surface area contributed by atoms with E-state index < -0.39 is 0 Å². The molecule has 1 amide bonds. The second-order valence-electron chi connectivity index (χ2n) is 5.94. The van der Waals surface area contributed by atoms with E-state index in [1.165, 1.54) is 0 Å². The van der Waals surface area contributed by atoms with Gasteiger partial charge in [0.15, 0.2) is 0 Å². The third kappa shape index (κ3) is 3.27. The Morgan fingerprint density at radius 3 is 2.87 bits per heavy atom. The van der Waals surface area contributed by atoms with E-state index in [1.807, 2.05) is 25.1 Å². The average Bonchev–Trinajstić information content (AvgIpc) is 3.38. The number of aromatic nitrogens is 2. The minimum absolute atomic E-state index is 0.0400. The Morgan fingerprint density at radius 2 is 2.17 bits per heavy atom. The molecule has 1 heterocycles. The maximum Gasteiger partial charge on any atom is 0.261 e. The van der Waals surface area contributed by atoms with E-state index >= 15 is 0 Å². The molecule has 0 unspecified atom stereocenters. The highest BCUT2D eigenvalue weighted by Crippen LogP contribution is 2.29. The lowest BCUT2D eigenvalue weighted by atomic mass is 10.2. The molecule has 0 bridgehead atoms. The molecule has 122 valence electrons. The molecule has 1 aliphatic carbocycles. The molecule has 1 saturated carbocycles. The van der Waals surface area contributed by atoms with Gasteiger partial charge in [0.25, 0.3) is 5.56 Å². The number of methoxy groups -OCH3 is 1. The molecule has 1 aromatic heterocycles. The number of hydrogen-bond acceptors (Lipinski definition) is 4. The summed E-state index contributed by atoms with van der Waals surface area (Å²) in [6.07, 6.45) is 1.89. The van der Waals surface area contributed by atoms with Crippen LogP contribution in [0.1, 0.15) is 31.6 Å². The largest absolute Gasteiger partial charge is 0.383 e. The normalized spacial score (nSPS) is 15.6. The first kappa shape index (κ1) is 15.7. The number of rotatable bonds is 6. The number of nitrogens with zero attached hydrogens (tertiary/aromatic N) is 2. The van der Waals surface area contributed by atoms with Crippen molar-refractivity contribution in [3.63, 3.8) is 0 Å². The number of amides is 1. The molecule has 1 aromatic carbocycles. The molecule has 1 fully saturated rings. The second kappa shape index (κ2) is 6.50. The molecule has 6 nitrogen and oxygen atoms in total. The van der Waals surface area contributed by atoms with Gasteiger partial charge in [0.1, 0.15) is 5.82 Å². The number of para-hydroxylation sites is 1. The van der Waals surface area contributed by atoms with Crippen LogP contribution in [0.25, 0.3) is 10.9 Å². The van der Waals surface area contributed by atoms with Crippen LogP contribution in [-0.4, -0.2) is 29.2 Å². The van der Waals surface area contributed by atoms with Crippen molar-refractivity contribution in [1.29, 1.82) is 0 Å². The summed E-state index contributed by atoms with van der Waals surface area (Å²) in [6, 6.07) is 6.94. The van der Waals surface area contributed by atoms with E-state index in [2.05, 4.69) is 10.3 Å². The van der Waals surface area contributed by atoms with Gasteiger partial charge in [-0.15, -0.1) is 0 Å². The standard InChI is InChI=1S/C17H21N3O3/c1-11(18-16(21)12-7-8-12)15-19-14-6-4-3-5-13(14)17(22)20(15)9-10-23-2/h3-6,11-12H,7-10H2,1-2H3,(H,18,21)/t11-/m1/s1. The molecule has 0 radical (unpaired) electrons. The number of fused-ring (bicyclic) bond motifs is 1. The van der Waals surface area contributed by atoms with Gasteiger partial charge in [-0.3, -0.25) is 14.2 Å². The molecule has 1 atom stereocenters. The minimum atomic E-state index is -0.322. The Balaban J connectivity index is 2.01. The van der Waals surface area contributed by atoms with Crippen LogP contribution >= 0.6 is 0 Å². The van der Waals surface area contributed by atoms with Crippen molar-refractivity contribution < 1.29 is 9.53 Å². The highest BCUT2D eigenvalue weighted by Gasteiger charge is 2.31. The van der Waals surface area contributed by atoms with Crippen molar-refractivity contribution in [2.75, 3.05) is 13.7 Å². The van der Waals surface area contributed by atoms with E-state index in [1.54, 1.807) is 17.7 Å². The quantitative estimate of drug-likeness (QED) is 0.879. The van der Waals surface area contributed by atoms with Gasteiger partial charge in [-0.25, -0.2) is 4.98 Å². The lowest BCUT2D eigenvalue weighted by Crippen LogP contribution is -2.35. The van der Waals surface area contributed by atoms with Crippen LogP contribution in [0, 0.1) is 5.92 Å². The summed E-state index contributed by atoms with van der Waals surface area (Å²) in [5.41, 5.74) is 0.545. The van der Waals surface area contributed by atoms with Crippen LogP contribution in [0.15, 0.2) is 29.1 Å². The van der Waals surface area contributed by atoms with E-state index in [-0.39, 0.29) is 23.4 Å². The van der Waals surface area contributed by atoms with Crippen LogP contribution in [0.5, 0.6) is 0 Å². The Bertz CT molecular complexity index is 780. The smallest absolute Gasteiger partial charge is 0.261 e. The molecule has 3 rings (SSSR count). The molecule has 6 heteroatoms. The third-order valence-corrected chi connectivity index (χ3v) is 4.10. The predicted octanol–water partition coefficient (Wildman–Crippen LogP) is 1.63. The molecule has 0 saturated heterocycles. The first-order chi connectivity index (χ1) is 11.1. The zero-order valence-corrected chi connectivity index (χ0v) is 13.4. The van der Waals surface area contributed by atoms with E-state index in [0.29, 0.717) is 29.9 Å². The van der Waals surface area contributed by atoms with E-state index in [0.717, 1.165) is 12.8 Å². The number of hydrogen-bond donors (Lipinski definition) is 1.